The Kier molecular flexibility index (Phi) is 7.39. The number of rotatable bonds is 7. The lowest BCUT2D eigenvalue weighted by Crippen LogP contribution is -2.50. The van der Waals surface area contributed by atoms with Gasteiger partial charge in [-0.05, 0) is 42.5 Å². The molecule has 1 aromatic heterocycles. The highest BCUT2D eigenvalue weighted by Gasteiger charge is 2.24. The van der Waals surface area contributed by atoms with Crippen molar-refractivity contribution in [2.24, 2.45) is 0 Å². The van der Waals surface area contributed by atoms with Gasteiger partial charge < -0.3 is 19.7 Å². The van der Waals surface area contributed by atoms with Crippen LogP contribution in [0.5, 0.6) is 11.5 Å². The second-order valence-electron chi connectivity index (χ2n) is 7.96. The third-order valence-electron chi connectivity index (χ3n) is 5.73. The number of carbonyl (C=O) groups excluding carboxylic acids is 2. The van der Waals surface area contributed by atoms with Gasteiger partial charge in [-0.3, -0.25) is 14.5 Å². The zero-order valence-corrected chi connectivity index (χ0v) is 19.4. The van der Waals surface area contributed by atoms with E-state index in [4.69, 9.17) is 9.47 Å². The zero-order valence-electron chi connectivity index (χ0n) is 19.4. The summed E-state index contributed by atoms with van der Waals surface area (Å²) in [7, 11) is 3.17. The first kappa shape index (κ1) is 23.3. The number of amides is 2. The van der Waals surface area contributed by atoms with Crippen molar-refractivity contribution >= 4 is 17.5 Å². The van der Waals surface area contributed by atoms with E-state index in [9.17, 15) is 9.59 Å². The highest BCUT2D eigenvalue weighted by molar-refractivity contribution is 5.93. The monoisotopic (exact) mass is 460 g/mol. The Balaban J connectivity index is 1.36. The molecule has 0 atom stereocenters. The van der Waals surface area contributed by atoms with Crippen molar-refractivity contribution in [3.05, 3.63) is 72.4 Å². The standard InChI is InChI=1S/C26H28N4O4/c1-33-23-12-11-19(17-24(23)34-2)21-9-6-10-22(28-21)26(32)30-15-13-29(14-16-30)18-25(31)27-20-7-4-3-5-8-20/h3-12,17H,13-16,18H2,1-2H3,(H,27,31). The third-order valence-corrected chi connectivity index (χ3v) is 5.73. The number of methoxy groups -OCH3 is 2. The van der Waals surface area contributed by atoms with Crippen LogP contribution in [-0.4, -0.2) is 73.5 Å². The molecule has 1 aliphatic heterocycles. The number of aromatic nitrogens is 1. The lowest BCUT2D eigenvalue weighted by molar-refractivity contribution is -0.117. The second-order valence-corrected chi connectivity index (χ2v) is 7.96. The average Bonchev–Trinajstić information content (AvgIpc) is 2.89. The van der Waals surface area contributed by atoms with Crippen LogP contribution in [0.2, 0.25) is 0 Å². The van der Waals surface area contributed by atoms with E-state index in [1.54, 1.807) is 25.2 Å². The molecule has 0 bridgehead atoms. The highest BCUT2D eigenvalue weighted by Crippen LogP contribution is 2.31. The Labute approximate surface area is 199 Å². The lowest BCUT2D eigenvalue weighted by atomic mass is 10.1. The maximum absolute atomic E-state index is 13.1. The van der Waals surface area contributed by atoms with E-state index in [2.05, 4.69) is 15.2 Å². The van der Waals surface area contributed by atoms with Crippen LogP contribution in [0.1, 0.15) is 10.5 Å². The fourth-order valence-corrected chi connectivity index (χ4v) is 3.91. The van der Waals surface area contributed by atoms with Gasteiger partial charge in [0.25, 0.3) is 5.91 Å². The molecule has 4 rings (SSSR count). The summed E-state index contributed by atoms with van der Waals surface area (Å²) in [6, 6.07) is 20.4. The van der Waals surface area contributed by atoms with Crippen molar-refractivity contribution in [3.63, 3.8) is 0 Å². The largest absolute Gasteiger partial charge is 0.493 e. The first-order valence-corrected chi connectivity index (χ1v) is 11.1. The maximum Gasteiger partial charge on any atom is 0.272 e. The minimum atomic E-state index is -0.115. The molecule has 0 unspecified atom stereocenters. The SMILES string of the molecule is COc1ccc(-c2cccc(C(=O)N3CCN(CC(=O)Nc4ccccc4)CC3)n2)cc1OC. The summed E-state index contributed by atoms with van der Waals surface area (Å²) in [4.78, 5) is 33.8. The Hall–Kier alpha value is -3.91. The highest BCUT2D eigenvalue weighted by atomic mass is 16.5. The quantitative estimate of drug-likeness (QED) is 0.583. The first-order chi connectivity index (χ1) is 16.6. The van der Waals surface area contributed by atoms with Crippen molar-refractivity contribution in [1.82, 2.24) is 14.8 Å². The predicted molar refractivity (Wildman–Crippen MR) is 130 cm³/mol. The van der Waals surface area contributed by atoms with Gasteiger partial charge in [-0.25, -0.2) is 4.98 Å². The van der Waals surface area contributed by atoms with Gasteiger partial charge >= 0.3 is 0 Å². The van der Waals surface area contributed by atoms with Crippen molar-refractivity contribution in [2.75, 3.05) is 52.3 Å². The normalized spacial score (nSPS) is 13.9. The van der Waals surface area contributed by atoms with Gasteiger partial charge in [0, 0.05) is 37.4 Å². The summed E-state index contributed by atoms with van der Waals surface area (Å²) in [5.41, 5.74) is 2.69. The Morgan fingerprint density at radius 2 is 1.62 bits per heavy atom. The van der Waals surface area contributed by atoms with Crippen LogP contribution >= 0.6 is 0 Å². The van der Waals surface area contributed by atoms with Crippen LogP contribution in [0, 0.1) is 0 Å². The molecule has 34 heavy (non-hydrogen) atoms. The number of pyridine rings is 1. The van der Waals surface area contributed by atoms with E-state index in [0.717, 1.165) is 11.3 Å². The van der Waals surface area contributed by atoms with Crippen molar-refractivity contribution in [3.8, 4) is 22.8 Å². The minimum absolute atomic E-state index is 0.0599. The molecule has 0 aliphatic carbocycles. The second kappa shape index (κ2) is 10.8. The number of anilines is 1. The van der Waals surface area contributed by atoms with Crippen molar-refractivity contribution in [1.29, 1.82) is 0 Å². The summed E-state index contributed by atoms with van der Waals surface area (Å²) in [5.74, 6) is 1.06. The maximum atomic E-state index is 13.1. The molecule has 176 valence electrons. The van der Waals surface area contributed by atoms with Crippen molar-refractivity contribution < 1.29 is 19.1 Å². The van der Waals surface area contributed by atoms with Gasteiger partial charge in [-0.2, -0.15) is 0 Å². The van der Waals surface area contributed by atoms with Gasteiger partial charge in [0.15, 0.2) is 11.5 Å². The summed E-state index contributed by atoms with van der Waals surface area (Å²) >= 11 is 0. The summed E-state index contributed by atoms with van der Waals surface area (Å²) < 4.78 is 10.7. The van der Waals surface area contributed by atoms with E-state index in [1.807, 2.05) is 60.7 Å². The first-order valence-electron chi connectivity index (χ1n) is 11.1. The molecule has 0 saturated carbocycles. The van der Waals surface area contributed by atoms with Crippen LogP contribution in [0.15, 0.2) is 66.7 Å². The molecule has 2 aromatic carbocycles. The topological polar surface area (TPSA) is 84.0 Å². The lowest BCUT2D eigenvalue weighted by Gasteiger charge is -2.34. The average molecular weight is 461 g/mol. The van der Waals surface area contributed by atoms with Crippen LogP contribution in [-0.2, 0) is 4.79 Å². The summed E-state index contributed by atoms with van der Waals surface area (Å²) in [6.07, 6.45) is 0. The predicted octanol–water partition coefficient (Wildman–Crippen LogP) is 3.16. The molecule has 1 fully saturated rings. The number of piperazine rings is 1. The minimum Gasteiger partial charge on any atom is -0.493 e. The third kappa shape index (κ3) is 5.52. The summed E-state index contributed by atoms with van der Waals surface area (Å²) in [6.45, 7) is 2.63. The zero-order chi connectivity index (χ0) is 23.9. The number of carbonyl (C=O) groups is 2. The fraction of sp³-hybridized carbons (Fsp3) is 0.269. The molecule has 1 N–H and O–H groups in total. The fourth-order valence-electron chi connectivity index (χ4n) is 3.91. The molecular formula is C26H28N4O4. The molecule has 8 nitrogen and oxygen atoms in total. The van der Waals surface area contributed by atoms with Gasteiger partial charge in [-0.1, -0.05) is 24.3 Å². The van der Waals surface area contributed by atoms with Gasteiger partial charge in [-0.15, -0.1) is 0 Å². The van der Waals surface area contributed by atoms with Crippen LogP contribution in [0.3, 0.4) is 0 Å². The number of nitrogens with one attached hydrogen (secondary N) is 1. The van der Waals surface area contributed by atoms with Crippen LogP contribution in [0.25, 0.3) is 11.3 Å². The number of ether oxygens (including phenoxy) is 2. The van der Waals surface area contributed by atoms with Crippen LogP contribution in [0.4, 0.5) is 5.69 Å². The number of hydrogen-bond donors (Lipinski definition) is 1. The molecule has 2 heterocycles. The van der Waals surface area contributed by atoms with E-state index in [-0.39, 0.29) is 11.8 Å². The molecular weight excluding hydrogens is 432 g/mol. The van der Waals surface area contributed by atoms with E-state index >= 15 is 0 Å². The van der Waals surface area contributed by atoms with Gasteiger partial charge in [0.1, 0.15) is 5.69 Å². The number of para-hydroxylation sites is 1. The number of nitrogens with zero attached hydrogens (tertiary/aromatic N) is 3. The molecule has 0 radical (unpaired) electrons. The Morgan fingerprint density at radius 1 is 0.882 bits per heavy atom. The molecule has 3 aromatic rings. The molecule has 1 saturated heterocycles. The molecule has 1 aliphatic rings. The smallest absolute Gasteiger partial charge is 0.272 e. The van der Waals surface area contributed by atoms with Gasteiger partial charge in [0.2, 0.25) is 5.91 Å². The van der Waals surface area contributed by atoms with E-state index in [1.165, 1.54) is 0 Å². The summed E-state index contributed by atoms with van der Waals surface area (Å²) in [5, 5.41) is 2.90. The van der Waals surface area contributed by atoms with E-state index < -0.39 is 0 Å². The Morgan fingerprint density at radius 3 is 2.32 bits per heavy atom. The van der Waals surface area contributed by atoms with Crippen LogP contribution < -0.4 is 14.8 Å². The Bertz CT molecular complexity index is 1140. The molecule has 8 heteroatoms. The molecule has 2 amide bonds. The number of hydrogen-bond acceptors (Lipinski definition) is 6. The number of benzene rings is 2. The van der Waals surface area contributed by atoms with Crippen molar-refractivity contribution in [2.45, 2.75) is 0 Å². The van der Waals surface area contributed by atoms with Gasteiger partial charge in [0.05, 0.1) is 26.5 Å². The van der Waals surface area contributed by atoms with E-state index in [0.29, 0.717) is 55.6 Å². The molecule has 0 spiro atoms.